The normalized spacial score (nSPS) is 9.94. The number of urea groups is 1. The number of nitrogens with zero attached hydrogens (tertiary/aromatic N) is 1. The Morgan fingerprint density at radius 3 is 2.44 bits per heavy atom. The summed E-state index contributed by atoms with van der Waals surface area (Å²) in [6, 6.07) is 7.52. The molecule has 18 heavy (non-hydrogen) atoms. The topological polar surface area (TPSA) is 44.4 Å². The van der Waals surface area contributed by atoms with E-state index < -0.39 is 0 Å². The lowest BCUT2D eigenvalue weighted by Gasteiger charge is -2.19. The third kappa shape index (κ3) is 5.27. The highest BCUT2D eigenvalue weighted by Gasteiger charge is 2.02. The second kappa shape index (κ2) is 7.82. The molecule has 0 atom stereocenters. The first-order valence-electron chi connectivity index (χ1n) is 6.12. The molecule has 100 valence electrons. The zero-order valence-corrected chi connectivity index (χ0v) is 11.6. The minimum Gasteiger partial charge on any atom is -0.373 e. The lowest BCUT2D eigenvalue weighted by molar-refractivity contribution is 0.241. The lowest BCUT2D eigenvalue weighted by Crippen LogP contribution is -2.39. The van der Waals surface area contributed by atoms with Crippen LogP contribution in [0.15, 0.2) is 24.3 Å². The van der Waals surface area contributed by atoms with E-state index >= 15 is 0 Å². The van der Waals surface area contributed by atoms with Gasteiger partial charge in [-0.25, -0.2) is 4.79 Å². The van der Waals surface area contributed by atoms with Crippen molar-refractivity contribution < 1.29 is 4.79 Å². The standard InChI is InChI=1S/C13H20ClN3O/c1-3-8-15-13(18)16-9-10-17(2)12-6-4-11(14)5-7-12/h4-7H,3,8-10H2,1-2H3,(H2,15,16,18). The van der Waals surface area contributed by atoms with Crippen LogP contribution in [-0.2, 0) is 0 Å². The van der Waals surface area contributed by atoms with E-state index in [0.29, 0.717) is 13.1 Å². The predicted octanol–water partition coefficient (Wildman–Crippen LogP) is 2.49. The Morgan fingerprint density at radius 1 is 1.22 bits per heavy atom. The molecule has 0 radical (unpaired) electrons. The molecule has 0 bridgehead atoms. The molecule has 0 saturated heterocycles. The first-order chi connectivity index (χ1) is 8.63. The zero-order valence-electron chi connectivity index (χ0n) is 10.9. The number of benzene rings is 1. The summed E-state index contributed by atoms with van der Waals surface area (Å²) in [5, 5.41) is 6.31. The fraction of sp³-hybridized carbons (Fsp3) is 0.462. The number of carbonyl (C=O) groups is 1. The summed E-state index contributed by atoms with van der Waals surface area (Å²) in [7, 11) is 1.98. The van der Waals surface area contributed by atoms with Gasteiger partial charge in [-0.1, -0.05) is 18.5 Å². The minimum atomic E-state index is -0.110. The number of carbonyl (C=O) groups excluding carboxylic acids is 1. The van der Waals surface area contributed by atoms with Gasteiger partial charge in [0.05, 0.1) is 0 Å². The van der Waals surface area contributed by atoms with Gasteiger partial charge >= 0.3 is 6.03 Å². The third-order valence-electron chi connectivity index (χ3n) is 2.54. The van der Waals surface area contributed by atoms with Crippen molar-refractivity contribution in [2.24, 2.45) is 0 Å². The number of rotatable bonds is 6. The van der Waals surface area contributed by atoms with Gasteiger partial charge in [-0.3, -0.25) is 0 Å². The molecule has 0 aliphatic rings. The number of likely N-dealkylation sites (N-methyl/N-ethyl adjacent to an activating group) is 1. The van der Waals surface area contributed by atoms with Gasteiger partial charge in [-0.05, 0) is 30.7 Å². The number of halogens is 1. The van der Waals surface area contributed by atoms with E-state index in [1.165, 1.54) is 0 Å². The van der Waals surface area contributed by atoms with Gasteiger partial charge in [0.2, 0.25) is 0 Å². The van der Waals surface area contributed by atoms with Gasteiger partial charge in [0.1, 0.15) is 0 Å². The van der Waals surface area contributed by atoms with Crippen molar-refractivity contribution >= 4 is 23.3 Å². The van der Waals surface area contributed by atoms with Crippen LogP contribution in [0.4, 0.5) is 10.5 Å². The van der Waals surface area contributed by atoms with E-state index in [1.807, 2.05) is 38.2 Å². The van der Waals surface area contributed by atoms with Crippen molar-refractivity contribution in [3.05, 3.63) is 29.3 Å². The first-order valence-corrected chi connectivity index (χ1v) is 6.49. The fourth-order valence-corrected chi connectivity index (χ4v) is 1.59. The quantitative estimate of drug-likeness (QED) is 0.833. The van der Waals surface area contributed by atoms with E-state index in [0.717, 1.165) is 23.7 Å². The van der Waals surface area contributed by atoms with E-state index in [-0.39, 0.29) is 6.03 Å². The van der Waals surface area contributed by atoms with Crippen LogP contribution < -0.4 is 15.5 Å². The number of hydrogen-bond acceptors (Lipinski definition) is 2. The van der Waals surface area contributed by atoms with Gasteiger partial charge in [0.15, 0.2) is 0 Å². The molecule has 0 aliphatic carbocycles. The second-order valence-electron chi connectivity index (χ2n) is 4.08. The smallest absolute Gasteiger partial charge is 0.314 e. The molecule has 4 nitrogen and oxygen atoms in total. The van der Waals surface area contributed by atoms with E-state index in [4.69, 9.17) is 11.6 Å². The van der Waals surface area contributed by atoms with Gasteiger partial charge in [0.25, 0.3) is 0 Å². The molecule has 2 N–H and O–H groups in total. The highest BCUT2D eigenvalue weighted by Crippen LogP contribution is 2.16. The van der Waals surface area contributed by atoms with Crippen LogP contribution in [0.25, 0.3) is 0 Å². The van der Waals surface area contributed by atoms with Crippen LogP contribution in [0.3, 0.4) is 0 Å². The Bertz CT molecular complexity index is 367. The fourth-order valence-electron chi connectivity index (χ4n) is 1.46. The van der Waals surface area contributed by atoms with Crippen LogP contribution >= 0.6 is 11.6 Å². The summed E-state index contributed by atoms with van der Waals surface area (Å²) in [6.45, 7) is 4.09. The summed E-state index contributed by atoms with van der Waals surface area (Å²) < 4.78 is 0. The lowest BCUT2D eigenvalue weighted by atomic mass is 10.3. The molecular formula is C13H20ClN3O. The van der Waals surface area contributed by atoms with Crippen molar-refractivity contribution in [2.45, 2.75) is 13.3 Å². The molecule has 0 heterocycles. The number of nitrogens with one attached hydrogen (secondary N) is 2. The van der Waals surface area contributed by atoms with Gasteiger partial charge in [0, 0.05) is 37.4 Å². The van der Waals surface area contributed by atoms with Crippen LogP contribution in [0.5, 0.6) is 0 Å². The third-order valence-corrected chi connectivity index (χ3v) is 2.79. The molecule has 5 heteroatoms. The maximum Gasteiger partial charge on any atom is 0.314 e. The highest BCUT2D eigenvalue weighted by molar-refractivity contribution is 6.30. The molecule has 0 aliphatic heterocycles. The van der Waals surface area contributed by atoms with Crippen molar-refractivity contribution in [3.8, 4) is 0 Å². The molecule has 0 spiro atoms. The van der Waals surface area contributed by atoms with Gasteiger partial charge < -0.3 is 15.5 Å². The Hall–Kier alpha value is -1.42. The van der Waals surface area contributed by atoms with Crippen LogP contribution in [0, 0.1) is 0 Å². The molecule has 0 unspecified atom stereocenters. The second-order valence-corrected chi connectivity index (χ2v) is 4.52. The average molecular weight is 270 g/mol. The van der Waals surface area contributed by atoms with E-state index in [2.05, 4.69) is 15.5 Å². The summed E-state index contributed by atoms with van der Waals surface area (Å²) in [4.78, 5) is 13.4. The number of anilines is 1. The van der Waals surface area contributed by atoms with Crippen molar-refractivity contribution in [1.29, 1.82) is 0 Å². The van der Waals surface area contributed by atoms with Gasteiger partial charge in [-0.15, -0.1) is 0 Å². The molecule has 0 saturated carbocycles. The Kier molecular flexibility index (Phi) is 6.36. The predicted molar refractivity (Wildman–Crippen MR) is 76.4 cm³/mol. The maximum absolute atomic E-state index is 11.3. The van der Waals surface area contributed by atoms with E-state index in [9.17, 15) is 4.79 Å². The van der Waals surface area contributed by atoms with Crippen molar-refractivity contribution in [1.82, 2.24) is 10.6 Å². The monoisotopic (exact) mass is 269 g/mol. The molecule has 1 aromatic rings. The number of amides is 2. The SMILES string of the molecule is CCCNC(=O)NCCN(C)c1ccc(Cl)cc1. The summed E-state index contributed by atoms with van der Waals surface area (Å²) >= 11 is 5.83. The Labute approximate surface area is 113 Å². The van der Waals surface area contributed by atoms with Gasteiger partial charge in [-0.2, -0.15) is 0 Å². The Balaban J connectivity index is 2.26. The summed E-state index contributed by atoms with van der Waals surface area (Å²) in [5.74, 6) is 0. The van der Waals surface area contributed by atoms with Crippen LogP contribution in [0.2, 0.25) is 5.02 Å². The Morgan fingerprint density at radius 2 is 1.83 bits per heavy atom. The van der Waals surface area contributed by atoms with Crippen molar-refractivity contribution in [2.75, 3.05) is 31.6 Å². The van der Waals surface area contributed by atoms with Crippen LogP contribution in [-0.4, -0.2) is 32.7 Å². The van der Waals surface area contributed by atoms with Crippen LogP contribution in [0.1, 0.15) is 13.3 Å². The molecule has 1 aromatic carbocycles. The summed E-state index contributed by atoms with van der Waals surface area (Å²) in [5.41, 5.74) is 1.08. The maximum atomic E-state index is 11.3. The van der Waals surface area contributed by atoms with E-state index in [1.54, 1.807) is 0 Å². The molecule has 1 rings (SSSR count). The minimum absolute atomic E-state index is 0.110. The number of hydrogen-bond donors (Lipinski definition) is 2. The molecular weight excluding hydrogens is 250 g/mol. The van der Waals surface area contributed by atoms with Crippen molar-refractivity contribution in [3.63, 3.8) is 0 Å². The zero-order chi connectivity index (χ0) is 13.4. The largest absolute Gasteiger partial charge is 0.373 e. The molecule has 0 aromatic heterocycles. The first kappa shape index (κ1) is 14.6. The highest BCUT2D eigenvalue weighted by atomic mass is 35.5. The molecule has 2 amide bonds. The average Bonchev–Trinajstić information content (AvgIpc) is 2.37. The molecule has 0 fully saturated rings. The summed E-state index contributed by atoms with van der Waals surface area (Å²) in [6.07, 6.45) is 0.943.